The number of hydrogen-bond donors (Lipinski definition) is 3. The summed E-state index contributed by atoms with van der Waals surface area (Å²) in [6.45, 7) is 0. The molecule has 0 fully saturated rings. The van der Waals surface area contributed by atoms with Crippen LogP contribution in [0.1, 0.15) is 26.7 Å². The van der Waals surface area contributed by atoms with Crippen molar-refractivity contribution in [3.05, 3.63) is 162 Å². The van der Waals surface area contributed by atoms with E-state index in [9.17, 15) is 18.8 Å². The molecule has 5 aromatic rings. The summed E-state index contributed by atoms with van der Waals surface area (Å²) in [6, 6.07) is 37.9. The molecule has 0 heterocycles. The Hall–Kier alpha value is -5.67. The highest BCUT2D eigenvalue weighted by atomic mass is 32.2. The maximum absolute atomic E-state index is 14.5. The number of carbonyl (C=O) groups excluding carboxylic acids is 3. The first-order valence-electron chi connectivity index (χ1n) is 14.3. The lowest BCUT2D eigenvalue weighted by Gasteiger charge is -2.18. The Kier molecular flexibility index (Phi) is 10.6. The largest absolute Gasteiger partial charge is 0.497 e. The van der Waals surface area contributed by atoms with Crippen molar-refractivity contribution in [3.63, 3.8) is 0 Å². The van der Waals surface area contributed by atoms with Gasteiger partial charge in [0.05, 0.1) is 7.11 Å². The minimum Gasteiger partial charge on any atom is -0.497 e. The maximum atomic E-state index is 14.5. The molecule has 0 saturated carbocycles. The zero-order chi connectivity index (χ0) is 32.3. The van der Waals surface area contributed by atoms with Crippen LogP contribution in [0, 0.1) is 5.82 Å². The van der Waals surface area contributed by atoms with Gasteiger partial charge in [-0.3, -0.25) is 14.4 Å². The summed E-state index contributed by atoms with van der Waals surface area (Å²) in [7, 11) is 1.58. The van der Waals surface area contributed by atoms with Crippen molar-refractivity contribution in [3.8, 4) is 5.75 Å². The lowest BCUT2D eigenvalue weighted by molar-refractivity contribution is -0.116. The molecule has 0 bridgehead atoms. The van der Waals surface area contributed by atoms with Gasteiger partial charge in [0.2, 0.25) is 5.91 Å². The molecular formula is C37H30FN3O4S. The number of methoxy groups -OCH3 is 1. The summed E-state index contributed by atoms with van der Waals surface area (Å²) in [6.07, 6.45) is 1.29. The summed E-state index contributed by atoms with van der Waals surface area (Å²) < 4.78 is 19.7. The summed E-state index contributed by atoms with van der Waals surface area (Å²) >= 11 is 1.36. The van der Waals surface area contributed by atoms with Crippen LogP contribution in [0.3, 0.4) is 0 Å². The van der Waals surface area contributed by atoms with E-state index in [1.54, 1.807) is 98.1 Å². The number of rotatable bonds is 11. The fraction of sp³-hybridized carbons (Fsp3) is 0.0541. The molecule has 3 N–H and O–H groups in total. The van der Waals surface area contributed by atoms with Crippen LogP contribution in [0.2, 0.25) is 0 Å². The summed E-state index contributed by atoms with van der Waals surface area (Å²) in [5, 5.41) is 7.79. The van der Waals surface area contributed by atoms with E-state index >= 15 is 0 Å². The first-order chi connectivity index (χ1) is 22.4. The van der Waals surface area contributed by atoms with Crippen molar-refractivity contribution in [2.24, 2.45) is 0 Å². The van der Waals surface area contributed by atoms with E-state index in [0.717, 1.165) is 10.5 Å². The van der Waals surface area contributed by atoms with Gasteiger partial charge in [0.25, 0.3) is 11.8 Å². The monoisotopic (exact) mass is 631 g/mol. The molecule has 1 atom stereocenters. The second kappa shape index (κ2) is 15.4. The Morgan fingerprint density at radius 3 is 1.96 bits per heavy atom. The third-order valence-corrected chi connectivity index (χ3v) is 8.06. The van der Waals surface area contributed by atoms with E-state index in [2.05, 4.69) is 16.0 Å². The predicted octanol–water partition coefficient (Wildman–Crippen LogP) is 7.72. The molecule has 9 heteroatoms. The quantitative estimate of drug-likeness (QED) is 0.103. The highest BCUT2D eigenvalue weighted by Crippen LogP contribution is 2.37. The fourth-order valence-corrected chi connectivity index (χ4v) is 5.45. The Morgan fingerprint density at radius 1 is 0.717 bits per heavy atom. The average molecular weight is 632 g/mol. The molecule has 5 rings (SSSR count). The van der Waals surface area contributed by atoms with Gasteiger partial charge in [-0.25, -0.2) is 4.39 Å². The first-order valence-corrected chi connectivity index (χ1v) is 15.2. The van der Waals surface area contributed by atoms with E-state index in [1.165, 1.54) is 30.0 Å². The number of carbonyl (C=O) groups is 3. The van der Waals surface area contributed by atoms with Crippen LogP contribution in [-0.2, 0) is 9.59 Å². The van der Waals surface area contributed by atoms with E-state index in [0.29, 0.717) is 22.7 Å². The van der Waals surface area contributed by atoms with Gasteiger partial charge in [0.15, 0.2) is 0 Å². The summed E-state index contributed by atoms with van der Waals surface area (Å²) in [5.41, 5.74) is 2.28. The maximum Gasteiger partial charge on any atom is 0.272 e. The second-order valence-electron chi connectivity index (χ2n) is 10.0. The van der Waals surface area contributed by atoms with Crippen LogP contribution in [-0.4, -0.2) is 24.8 Å². The van der Waals surface area contributed by atoms with Gasteiger partial charge >= 0.3 is 0 Å². The van der Waals surface area contributed by atoms with E-state index in [4.69, 9.17) is 4.74 Å². The van der Waals surface area contributed by atoms with E-state index in [-0.39, 0.29) is 17.2 Å². The first kappa shape index (κ1) is 31.7. The molecule has 0 radical (unpaired) electrons. The zero-order valence-corrected chi connectivity index (χ0v) is 25.6. The van der Waals surface area contributed by atoms with Gasteiger partial charge in [0.1, 0.15) is 22.5 Å². The normalized spacial score (nSPS) is 11.7. The number of thioether (sulfide) groups is 1. The predicted molar refractivity (Wildman–Crippen MR) is 180 cm³/mol. The van der Waals surface area contributed by atoms with Gasteiger partial charge in [-0.15, -0.1) is 11.8 Å². The molecule has 0 spiro atoms. The number of benzene rings is 5. The Morgan fingerprint density at radius 2 is 1.30 bits per heavy atom. The molecule has 0 saturated heterocycles. The minimum atomic E-state index is -0.631. The molecule has 7 nitrogen and oxygen atoms in total. The molecular weight excluding hydrogens is 601 g/mol. The van der Waals surface area contributed by atoms with Crippen LogP contribution >= 0.6 is 11.8 Å². The number of nitrogens with one attached hydrogen (secondary N) is 3. The van der Waals surface area contributed by atoms with Crippen LogP contribution in [0.25, 0.3) is 6.08 Å². The number of amides is 3. The fourth-order valence-electron chi connectivity index (χ4n) is 4.42. The third-order valence-electron chi connectivity index (χ3n) is 6.80. The van der Waals surface area contributed by atoms with Gasteiger partial charge < -0.3 is 20.7 Å². The van der Waals surface area contributed by atoms with Crippen LogP contribution in [0.5, 0.6) is 5.75 Å². The van der Waals surface area contributed by atoms with Crippen LogP contribution in [0.15, 0.2) is 144 Å². The number of hydrogen-bond acceptors (Lipinski definition) is 5. The molecule has 0 aliphatic carbocycles. The van der Waals surface area contributed by atoms with Crippen molar-refractivity contribution < 1.29 is 23.5 Å². The highest BCUT2D eigenvalue weighted by molar-refractivity contribution is 8.00. The lowest BCUT2D eigenvalue weighted by atomic mass is 10.1. The topological polar surface area (TPSA) is 96.5 Å². The Bertz CT molecular complexity index is 1830. The second-order valence-corrected chi connectivity index (χ2v) is 11.2. The molecule has 0 aromatic heterocycles. The number of halogens is 1. The molecule has 3 amide bonds. The Labute approximate surface area is 270 Å². The average Bonchev–Trinajstić information content (AvgIpc) is 3.09. The standard InChI is InChI=1S/C37H30FN3O4S/c1-45-30-20-16-28(17-21-30)40-37(44)34(25-10-4-2-5-11-25)46-31-22-18-29(19-23-31)39-36(43)33(24-27-14-8-9-15-32(27)38)41-35(42)26-12-6-3-7-13-26/h2-24,34H,1H3,(H,39,43)(H,40,44)(H,41,42)/b33-24-. The number of ether oxygens (including phenoxy) is 1. The van der Waals surface area contributed by atoms with E-state index < -0.39 is 22.9 Å². The summed E-state index contributed by atoms with van der Waals surface area (Å²) in [4.78, 5) is 40.5. The molecule has 0 aliphatic rings. The summed E-state index contributed by atoms with van der Waals surface area (Å²) in [5.74, 6) is -1.19. The molecule has 46 heavy (non-hydrogen) atoms. The lowest BCUT2D eigenvalue weighted by Crippen LogP contribution is -2.30. The Balaban J connectivity index is 1.32. The van der Waals surface area contributed by atoms with Crippen molar-refractivity contribution in [1.29, 1.82) is 0 Å². The zero-order valence-electron chi connectivity index (χ0n) is 24.8. The minimum absolute atomic E-state index is 0.128. The SMILES string of the molecule is COc1ccc(NC(=O)C(Sc2ccc(NC(=O)/C(=C/c3ccccc3F)NC(=O)c3ccccc3)cc2)c2ccccc2)cc1. The van der Waals surface area contributed by atoms with Gasteiger partial charge in [-0.1, -0.05) is 66.7 Å². The van der Waals surface area contributed by atoms with Crippen LogP contribution in [0.4, 0.5) is 15.8 Å². The van der Waals surface area contributed by atoms with Crippen molar-refractivity contribution in [1.82, 2.24) is 5.32 Å². The molecule has 5 aromatic carbocycles. The highest BCUT2D eigenvalue weighted by Gasteiger charge is 2.23. The molecule has 230 valence electrons. The number of anilines is 2. The molecule has 1 unspecified atom stereocenters. The van der Waals surface area contributed by atoms with Crippen molar-refractivity contribution in [2.45, 2.75) is 10.1 Å². The third kappa shape index (κ3) is 8.49. The van der Waals surface area contributed by atoms with Crippen molar-refractivity contribution in [2.75, 3.05) is 17.7 Å². The van der Waals surface area contributed by atoms with Crippen LogP contribution < -0.4 is 20.7 Å². The van der Waals surface area contributed by atoms with Gasteiger partial charge in [-0.2, -0.15) is 0 Å². The van der Waals surface area contributed by atoms with Gasteiger partial charge in [-0.05, 0) is 78.4 Å². The smallest absolute Gasteiger partial charge is 0.272 e. The van der Waals surface area contributed by atoms with E-state index in [1.807, 2.05) is 30.3 Å². The van der Waals surface area contributed by atoms with Crippen molar-refractivity contribution >= 4 is 46.9 Å². The molecule has 0 aliphatic heterocycles. The van der Waals surface area contributed by atoms with Gasteiger partial charge in [0, 0.05) is 27.4 Å².